The van der Waals surface area contributed by atoms with E-state index in [0.717, 1.165) is 22.9 Å². The predicted molar refractivity (Wildman–Crippen MR) is 94.0 cm³/mol. The number of morpholine rings is 1. The highest BCUT2D eigenvalue weighted by Gasteiger charge is 2.27. The van der Waals surface area contributed by atoms with E-state index in [0.29, 0.717) is 26.1 Å². The maximum atomic E-state index is 12.5. The molecule has 0 radical (unpaired) electrons. The number of carbonyl (C=O) groups is 1. The number of imidazole rings is 1. The van der Waals surface area contributed by atoms with Gasteiger partial charge >= 0.3 is 0 Å². The van der Waals surface area contributed by atoms with Gasteiger partial charge in [0.05, 0.1) is 19.6 Å². The summed E-state index contributed by atoms with van der Waals surface area (Å²) < 4.78 is 5.82. The number of hydrogen-bond donors (Lipinski definition) is 1. The van der Waals surface area contributed by atoms with Gasteiger partial charge in [0, 0.05) is 34.7 Å². The first-order chi connectivity index (χ1) is 11.5. The molecule has 7 heteroatoms. The van der Waals surface area contributed by atoms with E-state index < -0.39 is 0 Å². The van der Waals surface area contributed by atoms with Crippen LogP contribution < -0.4 is 0 Å². The van der Waals surface area contributed by atoms with Crippen LogP contribution in [-0.2, 0) is 22.5 Å². The Labute approximate surface area is 146 Å². The van der Waals surface area contributed by atoms with E-state index in [9.17, 15) is 4.79 Å². The van der Waals surface area contributed by atoms with Crippen molar-refractivity contribution in [2.24, 2.45) is 0 Å². The Bertz CT molecular complexity index is 694. The normalized spacial score (nSPS) is 18.3. The van der Waals surface area contributed by atoms with E-state index in [4.69, 9.17) is 4.74 Å². The van der Waals surface area contributed by atoms with E-state index in [1.54, 1.807) is 11.3 Å². The number of thiophene rings is 1. The van der Waals surface area contributed by atoms with Crippen molar-refractivity contribution in [2.75, 3.05) is 33.8 Å². The number of nitrogens with one attached hydrogen (secondary N) is 1. The molecule has 1 aliphatic heterocycles. The van der Waals surface area contributed by atoms with E-state index in [2.05, 4.69) is 27.9 Å². The molecular weight excluding hydrogens is 324 g/mol. The van der Waals surface area contributed by atoms with E-state index in [1.807, 2.05) is 31.3 Å². The molecule has 0 saturated carbocycles. The fraction of sp³-hybridized carbons (Fsp3) is 0.529. The van der Waals surface area contributed by atoms with Crippen molar-refractivity contribution in [1.29, 1.82) is 0 Å². The Balaban J connectivity index is 1.61. The summed E-state index contributed by atoms with van der Waals surface area (Å²) >= 11 is 1.68. The summed E-state index contributed by atoms with van der Waals surface area (Å²) in [7, 11) is 4.04. The molecule has 1 aliphatic rings. The molecule has 0 bridgehead atoms. The lowest BCUT2D eigenvalue weighted by molar-refractivity contribution is -0.138. The van der Waals surface area contributed by atoms with E-state index in [1.165, 1.54) is 4.88 Å². The molecule has 1 amide bonds. The number of H-pyrrole nitrogens is 1. The van der Waals surface area contributed by atoms with Crippen LogP contribution >= 0.6 is 11.3 Å². The fourth-order valence-electron chi connectivity index (χ4n) is 2.84. The van der Waals surface area contributed by atoms with Gasteiger partial charge in [0.25, 0.3) is 0 Å². The SMILES string of the molecule is Cc1ccc(CC(=O)N2CCOC(c3ncc(CN(C)C)[nH]3)C2)s1. The van der Waals surface area contributed by atoms with Crippen LogP contribution in [0, 0.1) is 6.92 Å². The number of hydrogen-bond acceptors (Lipinski definition) is 5. The summed E-state index contributed by atoms with van der Waals surface area (Å²) in [5.74, 6) is 0.960. The number of nitrogens with zero attached hydrogens (tertiary/aromatic N) is 3. The molecule has 3 heterocycles. The molecule has 1 unspecified atom stereocenters. The topological polar surface area (TPSA) is 61.5 Å². The number of aromatic amines is 1. The van der Waals surface area contributed by atoms with Gasteiger partial charge in [-0.25, -0.2) is 4.98 Å². The van der Waals surface area contributed by atoms with E-state index >= 15 is 0 Å². The smallest absolute Gasteiger partial charge is 0.228 e. The number of rotatable bonds is 5. The molecule has 6 nitrogen and oxygen atoms in total. The number of carbonyl (C=O) groups excluding carboxylic acids is 1. The minimum Gasteiger partial charge on any atom is -0.367 e. The summed E-state index contributed by atoms with van der Waals surface area (Å²) in [6.45, 7) is 4.61. The predicted octanol–water partition coefficient (Wildman–Crippen LogP) is 1.98. The highest BCUT2D eigenvalue weighted by atomic mass is 32.1. The lowest BCUT2D eigenvalue weighted by atomic mass is 10.2. The first-order valence-electron chi connectivity index (χ1n) is 8.14. The summed E-state index contributed by atoms with van der Waals surface area (Å²) in [4.78, 5) is 26.6. The first-order valence-corrected chi connectivity index (χ1v) is 8.96. The fourth-order valence-corrected chi connectivity index (χ4v) is 3.72. The molecule has 3 rings (SSSR count). The molecule has 24 heavy (non-hydrogen) atoms. The minimum atomic E-state index is -0.177. The third-order valence-electron chi connectivity index (χ3n) is 3.98. The highest BCUT2D eigenvalue weighted by molar-refractivity contribution is 7.12. The summed E-state index contributed by atoms with van der Waals surface area (Å²) in [5.41, 5.74) is 1.05. The Morgan fingerprint density at radius 3 is 3.04 bits per heavy atom. The molecule has 0 spiro atoms. The number of ether oxygens (including phenoxy) is 1. The van der Waals surface area contributed by atoms with Gasteiger partial charge < -0.3 is 19.5 Å². The minimum absolute atomic E-state index is 0.158. The third-order valence-corrected chi connectivity index (χ3v) is 4.98. The molecular formula is C17H24N4O2S. The maximum Gasteiger partial charge on any atom is 0.228 e. The average Bonchev–Trinajstić information content (AvgIpc) is 3.16. The highest BCUT2D eigenvalue weighted by Crippen LogP contribution is 2.22. The third kappa shape index (κ3) is 4.23. The Morgan fingerprint density at radius 2 is 2.33 bits per heavy atom. The summed E-state index contributed by atoms with van der Waals surface area (Å²) in [6.07, 6.45) is 2.13. The standard InChI is InChI=1S/C17H24N4O2S/c1-12-4-5-14(24-12)8-16(22)21-6-7-23-15(11-21)17-18-9-13(19-17)10-20(2)3/h4-5,9,15H,6-8,10-11H2,1-3H3,(H,18,19). The molecule has 1 atom stereocenters. The Morgan fingerprint density at radius 1 is 1.50 bits per heavy atom. The maximum absolute atomic E-state index is 12.5. The van der Waals surface area contributed by atoms with Gasteiger partial charge in [-0.2, -0.15) is 0 Å². The van der Waals surface area contributed by atoms with Crippen LogP contribution in [0.1, 0.15) is 27.4 Å². The first kappa shape index (κ1) is 17.1. The Kier molecular flexibility index (Phi) is 5.33. The van der Waals surface area contributed by atoms with Gasteiger partial charge in [0.1, 0.15) is 11.9 Å². The average molecular weight is 348 g/mol. The number of aryl methyl sites for hydroxylation is 1. The van der Waals surface area contributed by atoms with Crippen LogP contribution in [0.4, 0.5) is 0 Å². The second-order valence-electron chi connectivity index (χ2n) is 6.42. The van der Waals surface area contributed by atoms with Crippen LogP contribution in [-0.4, -0.2) is 59.5 Å². The van der Waals surface area contributed by atoms with Crippen molar-refractivity contribution >= 4 is 17.2 Å². The molecule has 1 fully saturated rings. The lowest BCUT2D eigenvalue weighted by Crippen LogP contribution is -2.43. The van der Waals surface area contributed by atoms with Crippen LogP contribution in [0.3, 0.4) is 0 Å². The van der Waals surface area contributed by atoms with Gasteiger partial charge in [-0.15, -0.1) is 11.3 Å². The molecule has 1 N–H and O–H groups in total. The zero-order valence-corrected chi connectivity index (χ0v) is 15.2. The Hall–Kier alpha value is -1.70. The molecule has 0 aromatic carbocycles. The monoisotopic (exact) mass is 348 g/mol. The van der Waals surface area contributed by atoms with Crippen molar-refractivity contribution in [3.05, 3.63) is 39.6 Å². The second-order valence-corrected chi connectivity index (χ2v) is 7.79. The summed E-state index contributed by atoms with van der Waals surface area (Å²) in [5, 5.41) is 0. The summed E-state index contributed by atoms with van der Waals surface area (Å²) in [6, 6.07) is 4.10. The van der Waals surface area contributed by atoms with E-state index in [-0.39, 0.29) is 12.0 Å². The van der Waals surface area contributed by atoms with Crippen molar-refractivity contribution in [2.45, 2.75) is 26.0 Å². The van der Waals surface area contributed by atoms with Crippen LogP contribution in [0.15, 0.2) is 18.3 Å². The van der Waals surface area contributed by atoms with Crippen molar-refractivity contribution in [3.8, 4) is 0 Å². The quantitative estimate of drug-likeness (QED) is 0.898. The van der Waals surface area contributed by atoms with Crippen LogP contribution in [0.5, 0.6) is 0 Å². The molecule has 1 saturated heterocycles. The zero-order valence-electron chi connectivity index (χ0n) is 14.4. The molecule has 2 aromatic rings. The van der Waals surface area contributed by atoms with Crippen molar-refractivity contribution < 1.29 is 9.53 Å². The number of aromatic nitrogens is 2. The van der Waals surface area contributed by atoms with Crippen molar-refractivity contribution in [3.63, 3.8) is 0 Å². The molecule has 2 aromatic heterocycles. The largest absolute Gasteiger partial charge is 0.367 e. The van der Waals surface area contributed by atoms with Gasteiger partial charge in [-0.05, 0) is 33.2 Å². The molecule has 130 valence electrons. The van der Waals surface area contributed by atoms with Gasteiger partial charge in [0.15, 0.2) is 0 Å². The van der Waals surface area contributed by atoms with Gasteiger partial charge in [-0.3, -0.25) is 4.79 Å². The van der Waals surface area contributed by atoms with Gasteiger partial charge in [0.2, 0.25) is 5.91 Å². The van der Waals surface area contributed by atoms with Crippen LogP contribution in [0.2, 0.25) is 0 Å². The zero-order chi connectivity index (χ0) is 17.1. The van der Waals surface area contributed by atoms with Gasteiger partial charge in [-0.1, -0.05) is 0 Å². The van der Waals surface area contributed by atoms with Crippen molar-refractivity contribution in [1.82, 2.24) is 19.8 Å². The lowest BCUT2D eigenvalue weighted by Gasteiger charge is -2.32. The van der Waals surface area contributed by atoms with Crippen LogP contribution in [0.25, 0.3) is 0 Å². The number of amides is 1. The second kappa shape index (κ2) is 7.46. The molecule has 0 aliphatic carbocycles.